The molecule has 2 N–H and O–H groups in total. The first-order valence-electron chi connectivity index (χ1n) is 7.05. The van der Waals surface area contributed by atoms with Crippen molar-refractivity contribution in [2.45, 2.75) is 77.4 Å². The smallest absolute Gasteiger partial charge is 0.326 e. The van der Waals surface area contributed by atoms with Crippen molar-refractivity contribution in [3.8, 4) is 0 Å². The predicted octanol–water partition coefficient (Wildman–Crippen LogP) is 3.02. The van der Waals surface area contributed by atoms with Crippen LogP contribution in [0, 0.1) is 5.92 Å². The Balaban J connectivity index is 2.50. The van der Waals surface area contributed by atoms with Gasteiger partial charge in [0.25, 0.3) is 0 Å². The second-order valence-electron chi connectivity index (χ2n) is 5.33. The zero-order valence-corrected chi connectivity index (χ0v) is 11.5. The lowest BCUT2D eigenvalue weighted by atomic mass is 9.85. The number of carbonyl (C=O) groups is 1. The van der Waals surface area contributed by atoms with Gasteiger partial charge < -0.3 is 10.5 Å². The summed E-state index contributed by atoms with van der Waals surface area (Å²) in [5, 5.41) is 0. The molecule has 1 saturated carbocycles. The SMILES string of the molecule is CCC1CCCC(OC(=O)C(N)(CC)CC)C1. The second kappa shape index (κ2) is 6.39. The molecule has 0 radical (unpaired) electrons. The highest BCUT2D eigenvalue weighted by Crippen LogP contribution is 2.29. The molecule has 1 fully saturated rings. The molecular formula is C14H27NO2. The van der Waals surface area contributed by atoms with Crippen LogP contribution >= 0.6 is 0 Å². The van der Waals surface area contributed by atoms with E-state index in [1.807, 2.05) is 13.8 Å². The van der Waals surface area contributed by atoms with Crippen molar-refractivity contribution in [1.82, 2.24) is 0 Å². The van der Waals surface area contributed by atoms with E-state index in [1.54, 1.807) is 0 Å². The van der Waals surface area contributed by atoms with E-state index in [-0.39, 0.29) is 12.1 Å². The molecule has 1 aliphatic rings. The van der Waals surface area contributed by atoms with Gasteiger partial charge in [0, 0.05) is 0 Å². The van der Waals surface area contributed by atoms with Gasteiger partial charge in [-0.2, -0.15) is 0 Å². The van der Waals surface area contributed by atoms with E-state index in [2.05, 4.69) is 6.92 Å². The Labute approximate surface area is 105 Å². The van der Waals surface area contributed by atoms with Gasteiger partial charge in [0.2, 0.25) is 0 Å². The van der Waals surface area contributed by atoms with Gasteiger partial charge in [-0.15, -0.1) is 0 Å². The highest BCUT2D eigenvalue weighted by Gasteiger charge is 2.34. The van der Waals surface area contributed by atoms with Crippen molar-refractivity contribution in [3.05, 3.63) is 0 Å². The van der Waals surface area contributed by atoms with Gasteiger partial charge in [0.1, 0.15) is 11.6 Å². The molecule has 3 nitrogen and oxygen atoms in total. The number of hydrogen-bond acceptors (Lipinski definition) is 3. The maximum Gasteiger partial charge on any atom is 0.326 e. The molecule has 0 spiro atoms. The largest absolute Gasteiger partial charge is 0.461 e. The highest BCUT2D eigenvalue weighted by atomic mass is 16.5. The summed E-state index contributed by atoms with van der Waals surface area (Å²) < 4.78 is 5.61. The van der Waals surface area contributed by atoms with Crippen LogP contribution in [0.2, 0.25) is 0 Å². The summed E-state index contributed by atoms with van der Waals surface area (Å²) in [5.74, 6) is 0.515. The third-order valence-corrected chi connectivity index (χ3v) is 4.25. The molecule has 1 rings (SSSR count). The predicted molar refractivity (Wildman–Crippen MR) is 69.6 cm³/mol. The van der Waals surface area contributed by atoms with Crippen LogP contribution in [0.15, 0.2) is 0 Å². The van der Waals surface area contributed by atoms with Crippen LogP contribution in [-0.4, -0.2) is 17.6 Å². The number of rotatable bonds is 5. The lowest BCUT2D eigenvalue weighted by molar-refractivity contribution is -0.158. The molecule has 0 saturated heterocycles. The van der Waals surface area contributed by atoms with E-state index < -0.39 is 5.54 Å². The second-order valence-corrected chi connectivity index (χ2v) is 5.33. The molecular weight excluding hydrogens is 214 g/mol. The van der Waals surface area contributed by atoms with Crippen molar-refractivity contribution in [2.24, 2.45) is 11.7 Å². The molecule has 0 aromatic rings. The summed E-state index contributed by atoms with van der Waals surface area (Å²) in [4.78, 5) is 12.0. The van der Waals surface area contributed by atoms with E-state index in [1.165, 1.54) is 19.3 Å². The van der Waals surface area contributed by atoms with Crippen LogP contribution in [0.1, 0.15) is 65.7 Å². The van der Waals surface area contributed by atoms with E-state index in [4.69, 9.17) is 10.5 Å². The minimum atomic E-state index is -0.779. The average molecular weight is 241 g/mol. The van der Waals surface area contributed by atoms with Crippen molar-refractivity contribution in [2.75, 3.05) is 0 Å². The summed E-state index contributed by atoms with van der Waals surface area (Å²) in [6, 6.07) is 0. The normalized spacial score (nSPS) is 25.6. The first-order chi connectivity index (χ1) is 8.05. The molecule has 0 amide bonds. The minimum Gasteiger partial charge on any atom is -0.461 e. The lowest BCUT2D eigenvalue weighted by Crippen LogP contribution is -2.49. The monoisotopic (exact) mass is 241 g/mol. The lowest BCUT2D eigenvalue weighted by Gasteiger charge is -2.32. The summed E-state index contributed by atoms with van der Waals surface area (Å²) in [6.45, 7) is 6.10. The molecule has 0 aromatic carbocycles. The maximum atomic E-state index is 12.0. The fraction of sp³-hybridized carbons (Fsp3) is 0.929. The summed E-state index contributed by atoms with van der Waals surface area (Å²) in [7, 11) is 0. The van der Waals surface area contributed by atoms with E-state index in [0.717, 1.165) is 18.8 Å². The Morgan fingerprint density at radius 1 is 1.29 bits per heavy atom. The van der Waals surface area contributed by atoms with Crippen LogP contribution in [-0.2, 0) is 9.53 Å². The van der Waals surface area contributed by atoms with E-state index in [0.29, 0.717) is 12.8 Å². The molecule has 0 heterocycles. The summed E-state index contributed by atoms with van der Waals surface area (Å²) >= 11 is 0. The Morgan fingerprint density at radius 2 is 1.94 bits per heavy atom. The van der Waals surface area contributed by atoms with Crippen LogP contribution in [0.4, 0.5) is 0 Å². The molecule has 0 aromatic heterocycles. The van der Waals surface area contributed by atoms with Crippen LogP contribution < -0.4 is 5.73 Å². The zero-order chi connectivity index (χ0) is 12.9. The van der Waals surface area contributed by atoms with Gasteiger partial charge in [0.05, 0.1) is 0 Å². The Kier molecular flexibility index (Phi) is 5.44. The Morgan fingerprint density at radius 3 is 2.47 bits per heavy atom. The average Bonchev–Trinajstić information content (AvgIpc) is 2.37. The van der Waals surface area contributed by atoms with Crippen LogP contribution in [0.3, 0.4) is 0 Å². The van der Waals surface area contributed by atoms with Crippen molar-refractivity contribution < 1.29 is 9.53 Å². The number of nitrogens with two attached hydrogens (primary N) is 1. The first-order valence-corrected chi connectivity index (χ1v) is 7.05. The standard InChI is InChI=1S/C14H27NO2/c1-4-11-8-7-9-12(10-11)17-13(16)14(15,5-2)6-3/h11-12H,4-10,15H2,1-3H3. The van der Waals surface area contributed by atoms with Gasteiger partial charge in [-0.05, 0) is 38.0 Å². The first kappa shape index (κ1) is 14.5. The number of carbonyl (C=O) groups excluding carboxylic acids is 1. The fourth-order valence-electron chi connectivity index (χ4n) is 2.53. The van der Waals surface area contributed by atoms with Gasteiger partial charge >= 0.3 is 5.97 Å². The number of hydrogen-bond donors (Lipinski definition) is 1. The zero-order valence-electron chi connectivity index (χ0n) is 11.5. The molecule has 2 unspecified atom stereocenters. The van der Waals surface area contributed by atoms with Crippen LogP contribution in [0.5, 0.6) is 0 Å². The molecule has 2 atom stereocenters. The summed E-state index contributed by atoms with van der Waals surface area (Å²) in [5.41, 5.74) is 5.27. The van der Waals surface area contributed by atoms with Crippen molar-refractivity contribution >= 4 is 5.97 Å². The third kappa shape index (κ3) is 3.70. The molecule has 0 bridgehead atoms. The van der Waals surface area contributed by atoms with Gasteiger partial charge in [-0.3, -0.25) is 4.79 Å². The molecule has 100 valence electrons. The van der Waals surface area contributed by atoms with E-state index in [9.17, 15) is 4.79 Å². The Hall–Kier alpha value is -0.570. The number of esters is 1. The fourth-order valence-corrected chi connectivity index (χ4v) is 2.53. The molecule has 17 heavy (non-hydrogen) atoms. The van der Waals surface area contributed by atoms with Crippen molar-refractivity contribution in [1.29, 1.82) is 0 Å². The third-order valence-electron chi connectivity index (χ3n) is 4.25. The van der Waals surface area contributed by atoms with E-state index >= 15 is 0 Å². The van der Waals surface area contributed by atoms with Gasteiger partial charge in [-0.25, -0.2) is 0 Å². The molecule has 0 aliphatic heterocycles. The van der Waals surface area contributed by atoms with Crippen LogP contribution in [0.25, 0.3) is 0 Å². The molecule has 3 heteroatoms. The topological polar surface area (TPSA) is 52.3 Å². The minimum absolute atomic E-state index is 0.0993. The Bertz CT molecular complexity index is 249. The highest BCUT2D eigenvalue weighted by molar-refractivity contribution is 5.80. The molecule has 1 aliphatic carbocycles. The number of ether oxygens (including phenoxy) is 1. The maximum absolute atomic E-state index is 12.0. The van der Waals surface area contributed by atoms with Crippen molar-refractivity contribution in [3.63, 3.8) is 0 Å². The quantitative estimate of drug-likeness (QED) is 0.753. The summed E-state index contributed by atoms with van der Waals surface area (Å²) in [6.07, 6.45) is 7.05. The van der Waals surface area contributed by atoms with Gasteiger partial charge in [0.15, 0.2) is 0 Å². The van der Waals surface area contributed by atoms with Gasteiger partial charge in [-0.1, -0.05) is 33.6 Å².